The van der Waals surface area contributed by atoms with E-state index in [-0.39, 0.29) is 35.5 Å². The van der Waals surface area contributed by atoms with Crippen LogP contribution in [0.3, 0.4) is 0 Å². The van der Waals surface area contributed by atoms with Gasteiger partial charge in [0.05, 0.1) is 4.90 Å². The molecule has 2 aromatic heterocycles. The summed E-state index contributed by atoms with van der Waals surface area (Å²) < 4.78 is 33.8. The van der Waals surface area contributed by atoms with E-state index in [0.29, 0.717) is 5.69 Å². The highest BCUT2D eigenvalue weighted by atomic mass is 32.2. The number of anilines is 1. The number of rotatable bonds is 9. The van der Waals surface area contributed by atoms with Gasteiger partial charge in [0.2, 0.25) is 10.0 Å². The van der Waals surface area contributed by atoms with Crippen LogP contribution in [0.1, 0.15) is 16.1 Å². The molecule has 31 heavy (non-hydrogen) atoms. The molecule has 1 N–H and O–H groups in total. The molecule has 0 unspecified atom stereocenters. The van der Waals surface area contributed by atoms with Crippen molar-refractivity contribution < 1.29 is 17.6 Å². The van der Waals surface area contributed by atoms with Crippen LogP contribution < -0.4 is 5.32 Å². The van der Waals surface area contributed by atoms with Crippen molar-refractivity contribution in [2.75, 3.05) is 18.4 Å². The fourth-order valence-electron chi connectivity index (χ4n) is 2.70. The van der Waals surface area contributed by atoms with Gasteiger partial charge in [-0.1, -0.05) is 17.3 Å². The van der Waals surface area contributed by atoms with Gasteiger partial charge in [0, 0.05) is 31.4 Å². The second kappa shape index (κ2) is 9.06. The Balaban J connectivity index is 1.73. The normalized spacial score (nSPS) is 11.5. The van der Waals surface area contributed by atoms with E-state index in [4.69, 9.17) is 4.42 Å². The van der Waals surface area contributed by atoms with E-state index in [9.17, 15) is 13.2 Å². The summed E-state index contributed by atoms with van der Waals surface area (Å²) >= 11 is 0. The standard InChI is InChI=1S/C20H22N6O4S/c1-5-11-26(12-6-2)31(28,29)16-9-7-15(8-10-16)18(27)21-20-23-22-19(30-20)17-13-14(3)25(4)24-17/h5-10,13H,1-2,11-12H2,3-4H3,(H,21,23,27). The third-order valence-electron chi connectivity index (χ3n) is 4.40. The van der Waals surface area contributed by atoms with Gasteiger partial charge in [-0.05, 0) is 37.3 Å². The van der Waals surface area contributed by atoms with Crippen molar-refractivity contribution in [2.24, 2.45) is 7.05 Å². The molecule has 10 nitrogen and oxygen atoms in total. The zero-order valence-corrected chi connectivity index (χ0v) is 18.0. The Kier molecular flexibility index (Phi) is 6.47. The van der Waals surface area contributed by atoms with E-state index in [2.05, 4.69) is 33.8 Å². The zero-order chi connectivity index (χ0) is 22.6. The first kappa shape index (κ1) is 22.1. The van der Waals surface area contributed by atoms with Crippen molar-refractivity contribution >= 4 is 21.9 Å². The predicted octanol–water partition coefficient (Wildman–Crippen LogP) is 2.39. The molecule has 2 heterocycles. The number of aromatic nitrogens is 4. The fraction of sp³-hybridized carbons (Fsp3) is 0.200. The van der Waals surface area contributed by atoms with E-state index >= 15 is 0 Å². The number of carbonyl (C=O) groups excluding carboxylic acids is 1. The Hall–Kier alpha value is -3.57. The van der Waals surface area contributed by atoms with Gasteiger partial charge in [0.15, 0.2) is 0 Å². The van der Waals surface area contributed by atoms with E-state index in [0.717, 1.165) is 5.69 Å². The third-order valence-corrected chi connectivity index (χ3v) is 6.24. The van der Waals surface area contributed by atoms with Crippen LogP contribution in [0.25, 0.3) is 11.6 Å². The summed E-state index contributed by atoms with van der Waals surface area (Å²) in [6.45, 7) is 9.32. The number of nitrogens with one attached hydrogen (secondary N) is 1. The fourth-order valence-corrected chi connectivity index (χ4v) is 4.08. The Morgan fingerprint density at radius 1 is 1.19 bits per heavy atom. The molecule has 1 amide bonds. The van der Waals surface area contributed by atoms with Crippen molar-refractivity contribution in [3.63, 3.8) is 0 Å². The van der Waals surface area contributed by atoms with Gasteiger partial charge >= 0.3 is 6.01 Å². The van der Waals surface area contributed by atoms with Crippen LogP contribution in [0.4, 0.5) is 6.01 Å². The molecule has 0 aliphatic heterocycles. The van der Waals surface area contributed by atoms with Gasteiger partial charge in [0.1, 0.15) is 5.69 Å². The Morgan fingerprint density at radius 2 is 1.84 bits per heavy atom. The van der Waals surface area contributed by atoms with Gasteiger partial charge < -0.3 is 4.42 Å². The van der Waals surface area contributed by atoms with Crippen molar-refractivity contribution in [3.05, 3.63) is 66.9 Å². The molecule has 0 radical (unpaired) electrons. The molecule has 0 bridgehead atoms. The molecule has 1 aromatic carbocycles. The SMILES string of the molecule is C=CCN(CC=C)S(=O)(=O)c1ccc(C(=O)Nc2nnc(-c3cc(C)n(C)n3)o2)cc1. The molecule has 0 atom stereocenters. The molecule has 0 fully saturated rings. The summed E-state index contributed by atoms with van der Waals surface area (Å²) in [5, 5.41) is 14.4. The van der Waals surface area contributed by atoms with Crippen molar-refractivity contribution in [1.29, 1.82) is 0 Å². The average Bonchev–Trinajstić information content (AvgIpc) is 3.34. The molecule has 11 heteroatoms. The first-order valence-electron chi connectivity index (χ1n) is 9.24. The van der Waals surface area contributed by atoms with Crippen molar-refractivity contribution in [1.82, 2.24) is 24.3 Å². The monoisotopic (exact) mass is 442 g/mol. The minimum atomic E-state index is -3.75. The number of amides is 1. The summed E-state index contributed by atoms with van der Waals surface area (Å²) in [7, 11) is -1.96. The highest BCUT2D eigenvalue weighted by molar-refractivity contribution is 7.89. The number of benzene rings is 1. The van der Waals surface area contributed by atoms with Gasteiger partial charge in [-0.3, -0.25) is 14.8 Å². The first-order valence-corrected chi connectivity index (χ1v) is 10.7. The lowest BCUT2D eigenvalue weighted by Crippen LogP contribution is -2.31. The van der Waals surface area contributed by atoms with Crippen LogP contribution >= 0.6 is 0 Å². The highest BCUT2D eigenvalue weighted by Gasteiger charge is 2.23. The maximum absolute atomic E-state index is 12.7. The maximum Gasteiger partial charge on any atom is 0.322 e. The lowest BCUT2D eigenvalue weighted by Gasteiger charge is -2.19. The Morgan fingerprint density at radius 3 is 2.39 bits per heavy atom. The van der Waals surface area contributed by atoms with Crippen LogP contribution in [0.5, 0.6) is 0 Å². The lowest BCUT2D eigenvalue weighted by molar-refractivity contribution is 0.102. The Labute approximate surface area is 179 Å². The molecule has 0 aliphatic rings. The topological polar surface area (TPSA) is 123 Å². The minimum Gasteiger partial charge on any atom is -0.401 e. The number of hydrogen-bond acceptors (Lipinski definition) is 7. The van der Waals surface area contributed by atoms with Crippen LogP contribution in [0.2, 0.25) is 0 Å². The summed E-state index contributed by atoms with van der Waals surface area (Å²) in [6.07, 6.45) is 2.99. The number of aryl methyl sites for hydroxylation is 2. The van der Waals surface area contributed by atoms with Gasteiger partial charge in [-0.15, -0.1) is 18.3 Å². The van der Waals surface area contributed by atoms with Crippen LogP contribution in [-0.4, -0.2) is 51.7 Å². The molecule has 0 saturated carbocycles. The quantitative estimate of drug-likeness (QED) is 0.505. The third kappa shape index (κ3) is 4.78. The largest absolute Gasteiger partial charge is 0.401 e. The number of nitrogens with zero attached hydrogens (tertiary/aromatic N) is 5. The summed E-state index contributed by atoms with van der Waals surface area (Å²) in [5.41, 5.74) is 1.63. The maximum atomic E-state index is 12.7. The first-order chi connectivity index (χ1) is 14.8. The second-order valence-electron chi connectivity index (χ2n) is 6.58. The van der Waals surface area contributed by atoms with E-state index in [1.807, 2.05) is 6.92 Å². The molecule has 3 aromatic rings. The molecule has 0 spiro atoms. The van der Waals surface area contributed by atoms with E-state index in [1.54, 1.807) is 17.8 Å². The molecular formula is C20H22N6O4S. The summed E-state index contributed by atoms with van der Waals surface area (Å²) in [4.78, 5) is 12.5. The van der Waals surface area contributed by atoms with Crippen molar-refractivity contribution in [2.45, 2.75) is 11.8 Å². The predicted molar refractivity (Wildman–Crippen MR) is 115 cm³/mol. The molecule has 0 aliphatic carbocycles. The smallest absolute Gasteiger partial charge is 0.322 e. The second-order valence-corrected chi connectivity index (χ2v) is 8.52. The molecule has 3 rings (SSSR count). The number of sulfonamides is 1. The van der Waals surface area contributed by atoms with Gasteiger partial charge in [0.25, 0.3) is 11.8 Å². The van der Waals surface area contributed by atoms with Crippen LogP contribution in [0, 0.1) is 6.92 Å². The van der Waals surface area contributed by atoms with Crippen molar-refractivity contribution in [3.8, 4) is 11.6 Å². The Bertz CT molecular complexity index is 1180. The lowest BCUT2D eigenvalue weighted by atomic mass is 10.2. The minimum absolute atomic E-state index is 0.0540. The van der Waals surface area contributed by atoms with Crippen LogP contribution in [0.15, 0.2) is 65.0 Å². The van der Waals surface area contributed by atoms with E-state index < -0.39 is 15.9 Å². The summed E-state index contributed by atoms with van der Waals surface area (Å²) in [6, 6.07) is 7.21. The molecular weight excluding hydrogens is 420 g/mol. The zero-order valence-electron chi connectivity index (χ0n) is 17.1. The molecule has 0 saturated heterocycles. The van der Waals surface area contributed by atoms with Gasteiger partial charge in [-0.2, -0.15) is 9.40 Å². The van der Waals surface area contributed by atoms with E-state index in [1.165, 1.54) is 40.7 Å². The van der Waals surface area contributed by atoms with Crippen LogP contribution in [-0.2, 0) is 17.1 Å². The number of carbonyl (C=O) groups is 1. The average molecular weight is 443 g/mol. The highest BCUT2D eigenvalue weighted by Crippen LogP contribution is 2.20. The summed E-state index contributed by atoms with van der Waals surface area (Å²) in [5.74, 6) is -0.352. The number of hydrogen-bond donors (Lipinski definition) is 1. The molecule has 162 valence electrons. The van der Waals surface area contributed by atoms with Gasteiger partial charge in [-0.25, -0.2) is 8.42 Å².